The van der Waals surface area contributed by atoms with Crippen LogP contribution in [0.2, 0.25) is 0 Å². The van der Waals surface area contributed by atoms with Gasteiger partial charge in [0.2, 0.25) is 0 Å². The van der Waals surface area contributed by atoms with E-state index in [-0.39, 0.29) is 12.7 Å². The molecule has 1 aliphatic rings. The Morgan fingerprint density at radius 2 is 1.77 bits per heavy atom. The summed E-state index contributed by atoms with van der Waals surface area (Å²) in [5.74, 6) is 0.766. The second kappa shape index (κ2) is 9.14. The lowest BCUT2D eigenvalue weighted by Gasteiger charge is -2.35. The van der Waals surface area contributed by atoms with Crippen LogP contribution in [0.25, 0.3) is 0 Å². The molecule has 0 amide bonds. The topological polar surface area (TPSA) is 56.2 Å². The van der Waals surface area contributed by atoms with E-state index in [0.717, 1.165) is 31.9 Å². The van der Waals surface area contributed by atoms with Crippen LogP contribution in [-0.4, -0.2) is 65.5 Å². The summed E-state index contributed by atoms with van der Waals surface area (Å²) in [6, 6.07) is 18.2. The number of likely N-dealkylation sites (N-methyl/N-ethyl adjacent to an activating group) is 1. The molecule has 0 aromatic heterocycles. The van der Waals surface area contributed by atoms with Crippen molar-refractivity contribution in [3.05, 3.63) is 65.7 Å². The van der Waals surface area contributed by atoms with Crippen molar-refractivity contribution < 1.29 is 14.9 Å². The smallest absolute Gasteiger partial charge is 0.119 e. The van der Waals surface area contributed by atoms with Gasteiger partial charge in [-0.1, -0.05) is 42.5 Å². The number of likely N-dealkylation sites (tertiary alicyclic amines) is 1. The molecule has 1 saturated heterocycles. The van der Waals surface area contributed by atoms with Gasteiger partial charge in [-0.05, 0) is 30.3 Å². The molecule has 26 heavy (non-hydrogen) atoms. The van der Waals surface area contributed by atoms with Crippen molar-refractivity contribution in [1.82, 2.24) is 9.80 Å². The summed E-state index contributed by atoms with van der Waals surface area (Å²) in [7, 11) is 2.00. The van der Waals surface area contributed by atoms with Gasteiger partial charge in [0.25, 0.3) is 0 Å². The first-order valence-corrected chi connectivity index (χ1v) is 9.11. The van der Waals surface area contributed by atoms with E-state index < -0.39 is 6.10 Å². The Bertz CT molecular complexity index is 657. The van der Waals surface area contributed by atoms with Gasteiger partial charge in [0.15, 0.2) is 0 Å². The van der Waals surface area contributed by atoms with Crippen LogP contribution in [0, 0.1) is 0 Å². The Balaban J connectivity index is 1.37. The molecule has 0 radical (unpaired) electrons. The number of hydrogen-bond acceptors (Lipinski definition) is 5. The highest BCUT2D eigenvalue weighted by atomic mass is 16.5. The van der Waals surface area contributed by atoms with E-state index in [1.807, 2.05) is 49.5 Å². The standard InChI is InChI=1S/C21H28N2O3/c1-22(11-17-5-3-2-4-6-17)13-20(25)16-26-21-9-7-18(8-10-21)12-23-14-19(24)15-23/h2-10,19-20,24-25H,11-16H2,1H3. The quantitative estimate of drug-likeness (QED) is 0.717. The van der Waals surface area contributed by atoms with E-state index in [1.165, 1.54) is 11.1 Å². The zero-order valence-electron chi connectivity index (χ0n) is 15.3. The summed E-state index contributed by atoms with van der Waals surface area (Å²) < 4.78 is 5.71. The van der Waals surface area contributed by atoms with E-state index >= 15 is 0 Å². The van der Waals surface area contributed by atoms with Gasteiger partial charge in [-0.2, -0.15) is 0 Å². The maximum atomic E-state index is 10.2. The second-order valence-electron chi connectivity index (χ2n) is 7.14. The molecule has 3 rings (SSSR count). The van der Waals surface area contributed by atoms with Crippen molar-refractivity contribution in [2.75, 3.05) is 33.3 Å². The van der Waals surface area contributed by atoms with E-state index in [1.54, 1.807) is 0 Å². The molecule has 2 aromatic rings. The molecule has 0 saturated carbocycles. The second-order valence-corrected chi connectivity index (χ2v) is 7.14. The highest BCUT2D eigenvalue weighted by Crippen LogP contribution is 2.17. The first-order chi connectivity index (χ1) is 12.6. The zero-order chi connectivity index (χ0) is 18.4. The number of benzene rings is 2. The molecule has 1 atom stereocenters. The monoisotopic (exact) mass is 356 g/mol. The van der Waals surface area contributed by atoms with Crippen LogP contribution in [0.3, 0.4) is 0 Å². The summed E-state index contributed by atoms with van der Waals surface area (Å²) in [6.45, 7) is 3.99. The molecule has 1 fully saturated rings. The fourth-order valence-electron chi connectivity index (χ4n) is 3.19. The van der Waals surface area contributed by atoms with Crippen LogP contribution >= 0.6 is 0 Å². The average Bonchev–Trinajstić information content (AvgIpc) is 2.60. The van der Waals surface area contributed by atoms with E-state index in [2.05, 4.69) is 21.9 Å². The first-order valence-electron chi connectivity index (χ1n) is 9.11. The lowest BCUT2D eigenvalue weighted by Crippen LogP contribution is -2.49. The minimum Gasteiger partial charge on any atom is -0.491 e. The molecular weight excluding hydrogens is 328 g/mol. The van der Waals surface area contributed by atoms with Gasteiger partial charge >= 0.3 is 0 Å². The van der Waals surface area contributed by atoms with Gasteiger partial charge in [-0.25, -0.2) is 0 Å². The van der Waals surface area contributed by atoms with Crippen molar-refractivity contribution in [2.24, 2.45) is 0 Å². The first kappa shape index (κ1) is 18.9. The zero-order valence-corrected chi connectivity index (χ0v) is 15.3. The van der Waals surface area contributed by atoms with Crippen LogP contribution in [0.1, 0.15) is 11.1 Å². The third-order valence-corrected chi connectivity index (χ3v) is 4.53. The Morgan fingerprint density at radius 1 is 1.08 bits per heavy atom. The van der Waals surface area contributed by atoms with Crippen molar-refractivity contribution in [2.45, 2.75) is 25.3 Å². The summed E-state index contributed by atoms with van der Waals surface area (Å²) in [5, 5.41) is 19.5. The van der Waals surface area contributed by atoms with E-state index in [9.17, 15) is 10.2 Å². The third-order valence-electron chi connectivity index (χ3n) is 4.53. The molecule has 2 N–H and O–H groups in total. The average molecular weight is 356 g/mol. The molecular formula is C21H28N2O3. The molecule has 1 heterocycles. The maximum Gasteiger partial charge on any atom is 0.119 e. The molecule has 1 unspecified atom stereocenters. The fourth-order valence-corrected chi connectivity index (χ4v) is 3.19. The number of nitrogens with zero attached hydrogens (tertiary/aromatic N) is 2. The number of aliphatic hydroxyl groups is 2. The van der Waals surface area contributed by atoms with Gasteiger partial charge in [0, 0.05) is 32.7 Å². The number of ether oxygens (including phenoxy) is 1. The number of rotatable bonds is 9. The van der Waals surface area contributed by atoms with E-state index in [4.69, 9.17) is 4.74 Å². The van der Waals surface area contributed by atoms with Crippen LogP contribution in [0.4, 0.5) is 0 Å². The SMILES string of the molecule is CN(Cc1ccccc1)CC(O)COc1ccc(CN2CC(O)C2)cc1. The molecule has 140 valence electrons. The van der Waals surface area contributed by atoms with E-state index in [0.29, 0.717) is 6.54 Å². The fraction of sp³-hybridized carbons (Fsp3) is 0.429. The molecule has 1 aliphatic heterocycles. The summed E-state index contributed by atoms with van der Waals surface area (Å²) in [6.07, 6.45) is -0.704. The lowest BCUT2D eigenvalue weighted by atomic mass is 10.1. The highest BCUT2D eigenvalue weighted by molar-refractivity contribution is 5.27. The minimum absolute atomic E-state index is 0.167. The van der Waals surface area contributed by atoms with Crippen molar-refractivity contribution in [1.29, 1.82) is 0 Å². The molecule has 5 nitrogen and oxygen atoms in total. The molecule has 5 heteroatoms. The minimum atomic E-state index is -0.536. The third kappa shape index (κ3) is 5.81. The highest BCUT2D eigenvalue weighted by Gasteiger charge is 2.23. The van der Waals surface area contributed by atoms with Crippen LogP contribution in [-0.2, 0) is 13.1 Å². The van der Waals surface area contributed by atoms with Crippen LogP contribution in [0.5, 0.6) is 5.75 Å². The lowest BCUT2D eigenvalue weighted by molar-refractivity contribution is -0.00287. The summed E-state index contributed by atoms with van der Waals surface area (Å²) >= 11 is 0. The molecule has 0 aliphatic carbocycles. The van der Waals surface area contributed by atoms with Crippen molar-refractivity contribution in [3.63, 3.8) is 0 Å². The molecule has 0 spiro atoms. The van der Waals surface area contributed by atoms with Gasteiger partial charge in [-0.15, -0.1) is 0 Å². The molecule has 2 aromatic carbocycles. The van der Waals surface area contributed by atoms with Crippen LogP contribution < -0.4 is 4.74 Å². The predicted octanol–water partition coefficient (Wildman–Crippen LogP) is 1.73. The normalized spacial score (nSPS) is 16.5. The number of β-amino-alcohol motifs (C(OH)–C–C–N with tert-alkyl or cyclic N) is 1. The van der Waals surface area contributed by atoms with Gasteiger partial charge in [0.05, 0.1) is 6.10 Å². The number of hydrogen-bond donors (Lipinski definition) is 2. The predicted molar refractivity (Wildman–Crippen MR) is 102 cm³/mol. The Hall–Kier alpha value is -1.92. The van der Waals surface area contributed by atoms with Gasteiger partial charge < -0.3 is 14.9 Å². The maximum absolute atomic E-state index is 10.2. The van der Waals surface area contributed by atoms with Gasteiger partial charge in [0.1, 0.15) is 18.5 Å². The van der Waals surface area contributed by atoms with Crippen molar-refractivity contribution >= 4 is 0 Å². The Labute approximate surface area is 155 Å². The van der Waals surface area contributed by atoms with Crippen LogP contribution in [0.15, 0.2) is 54.6 Å². The summed E-state index contributed by atoms with van der Waals surface area (Å²) in [4.78, 5) is 4.29. The molecule has 0 bridgehead atoms. The van der Waals surface area contributed by atoms with Gasteiger partial charge in [-0.3, -0.25) is 9.80 Å². The summed E-state index contributed by atoms with van der Waals surface area (Å²) in [5.41, 5.74) is 2.43. The largest absolute Gasteiger partial charge is 0.491 e. The Kier molecular flexibility index (Phi) is 6.63. The van der Waals surface area contributed by atoms with Crippen molar-refractivity contribution in [3.8, 4) is 5.75 Å². The number of aliphatic hydroxyl groups excluding tert-OH is 2. The Morgan fingerprint density at radius 3 is 2.42 bits per heavy atom.